The van der Waals surface area contributed by atoms with Crippen LogP contribution < -0.4 is 14.2 Å². The molecule has 0 radical (unpaired) electrons. The third-order valence-electron chi connectivity index (χ3n) is 7.15. The summed E-state index contributed by atoms with van der Waals surface area (Å²) in [7, 11) is -1.17. The highest BCUT2D eigenvalue weighted by Gasteiger charge is 2.64. The van der Waals surface area contributed by atoms with Gasteiger partial charge in [-0.1, -0.05) is 29.8 Å². The Hall–Kier alpha value is -3.98. The summed E-state index contributed by atoms with van der Waals surface area (Å²) < 4.78 is 40.9. The molecule has 2 atom stereocenters. The van der Waals surface area contributed by atoms with Gasteiger partial charge in [0.1, 0.15) is 5.75 Å². The van der Waals surface area contributed by atoms with Crippen LogP contribution >= 0.6 is 0 Å². The van der Waals surface area contributed by atoms with Gasteiger partial charge in [-0.05, 0) is 63.6 Å². The molecule has 2 unspecified atom stereocenters. The lowest BCUT2D eigenvalue weighted by Crippen LogP contribution is -2.40. The van der Waals surface area contributed by atoms with E-state index in [1.807, 2.05) is 45.0 Å². The first kappa shape index (κ1) is 25.7. The van der Waals surface area contributed by atoms with Crippen molar-refractivity contribution in [1.29, 1.82) is 0 Å². The highest BCUT2D eigenvalue weighted by molar-refractivity contribution is 7.90. The molecule has 0 spiro atoms. The topological polar surface area (TPSA) is 107 Å². The minimum absolute atomic E-state index is 0.00556. The number of amides is 1. The van der Waals surface area contributed by atoms with E-state index in [-0.39, 0.29) is 10.8 Å². The van der Waals surface area contributed by atoms with E-state index in [0.29, 0.717) is 34.5 Å². The van der Waals surface area contributed by atoms with Gasteiger partial charge in [0, 0.05) is 33.8 Å². The van der Waals surface area contributed by atoms with Gasteiger partial charge in [-0.3, -0.25) is 9.78 Å². The maximum atomic E-state index is 14.1. The number of hydrogen-bond donors (Lipinski definition) is 1. The van der Waals surface area contributed by atoms with Gasteiger partial charge in [0.2, 0.25) is 11.8 Å². The zero-order chi connectivity index (χ0) is 27.2. The fourth-order valence-electron chi connectivity index (χ4n) is 5.18. The molecule has 0 saturated heterocycles. The molecule has 2 heterocycles. The first-order valence-electron chi connectivity index (χ1n) is 12.2. The average Bonchev–Trinajstić information content (AvgIpc) is 3.64. The van der Waals surface area contributed by atoms with E-state index in [0.717, 1.165) is 22.5 Å². The lowest BCUT2D eigenvalue weighted by Gasteiger charge is -2.22. The van der Waals surface area contributed by atoms with Gasteiger partial charge in [0.25, 0.3) is 10.0 Å². The van der Waals surface area contributed by atoms with E-state index in [1.54, 1.807) is 30.3 Å². The Morgan fingerprint density at radius 1 is 0.947 bits per heavy atom. The normalized spacial score (nSPS) is 18.7. The Kier molecular flexibility index (Phi) is 6.35. The van der Waals surface area contributed by atoms with Crippen molar-refractivity contribution in [1.82, 2.24) is 14.7 Å². The molecule has 4 aromatic rings. The van der Waals surface area contributed by atoms with Gasteiger partial charge in [-0.25, -0.2) is 18.1 Å². The smallest absolute Gasteiger partial charge is 0.264 e. The number of sulfonamides is 1. The number of fused-ring (bicyclic) bond motifs is 1. The fraction of sp³-hybridized carbons (Fsp3) is 0.276. The number of pyridine rings is 2. The molecule has 1 aliphatic carbocycles. The number of carbonyl (C=O) groups is 1. The van der Waals surface area contributed by atoms with Gasteiger partial charge >= 0.3 is 0 Å². The van der Waals surface area contributed by atoms with Gasteiger partial charge < -0.3 is 9.47 Å². The lowest BCUT2D eigenvalue weighted by molar-refractivity contribution is -0.122. The molecule has 196 valence electrons. The highest BCUT2D eigenvalue weighted by atomic mass is 32.2. The Labute approximate surface area is 222 Å². The van der Waals surface area contributed by atoms with E-state index in [9.17, 15) is 13.2 Å². The molecule has 2 aromatic heterocycles. The van der Waals surface area contributed by atoms with Crippen molar-refractivity contribution in [3.63, 3.8) is 0 Å². The molecule has 8 nitrogen and oxygen atoms in total. The molecule has 1 amide bonds. The van der Waals surface area contributed by atoms with Crippen LogP contribution in [0.5, 0.6) is 11.6 Å². The Morgan fingerprint density at radius 3 is 2.42 bits per heavy atom. The van der Waals surface area contributed by atoms with E-state index in [4.69, 9.17) is 9.47 Å². The summed E-state index contributed by atoms with van der Waals surface area (Å²) >= 11 is 0. The van der Waals surface area contributed by atoms with Crippen molar-refractivity contribution in [3.8, 4) is 11.6 Å². The summed E-state index contributed by atoms with van der Waals surface area (Å²) in [6.07, 6.45) is 0.367. The quantitative estimate of drug-likeness (QED) is 0.374. The van der Waals surface area contributed by atoms with E-state index in [1.165, 1.54) is 20.3 Å². The maximum Gasteiger partial charge on any atom is 0.264 e. The van der Waals surface area contributed by atoms with Crippen LogP contribution in [0.1, 0.15) is 40.4 Å². The number of nitrogens with zero attached hydrogens (tertiary/aromatic N) is 2. The summed E-state index contributed by atoms with van der Waals surface area (Å²) in [5.74, 6) is -0.0800. The standard InChI is InChI=1S/C29H29N3O5S/c1-17-9-14-25(36-4)22(15-17)29(16-23(29)20-12-10-19(3)31-27(20)37-5)28(33)32-38(34,35)26-8-6-7-24-21(26)13-11-18(2)30-24/h6-15,23H,16H2,1-5H3,(H,32,33). The van der Waals surface area contributed by atoms with Crippen LogP contribution in [0, 0.1) is 20.8 Å². The van der Waals surface area contributed by atoms with Crippen molar-refractivity contribution in [3.05, 3.63) is 88.7 Å². The molecule has 1 N–H and O–H groups in total. The van der Waals surface area contributed by atoms with Crippen LogP contribution in [0.3, 0.4) is 0 Å². The first-order valence-corrected chi connectivity index (χ1v) is 13.7. The van der Waals surface area contributed by atoms with Crippen molar-refractivity contribution in [2.75, 3.05) is 14.2 Å². The molecule has 0 bridgehead atoms. The summed E-state index contributed by atoms with van der Waals surface area (Å²) in [6, 6.07) is 17.6. The fourth-order valence-corrected chi connectivity index (χ4v) is 6.44. The largest absolute Gasteiger partial charge is 0.496 e. The molecular formula is C29H29N3O5S. The number of carbonyl (C=O) groups excluding carboxylic acids is 1. The predicted octanol–water partition coefficient (Wildman–Crippen LogP) is 4.50. The zero-order valence-electron chi connectivity index (χ0n) is 21.9. The van der Waals surface area contributed by atoms with Crippen molar-refractivity contribution in [2.45, 2.75) is 43.4 Å². The third-order valence-corrected chi connectivity index (χ3v) is 8.54. The van der Waals surface area contributed by atoms with Crippen LogP contribution in [-0.2, 0) is 20.2 Å². The van der Waals surface area contributed by atoms with Crippen LogP contribution in [0.25, 0.3) is 10.9 Å². The second-order valence-electron chi connectivity index (χ2n) is 9.69. The van der Waals surface area contributed by atoms with Crippen LogP contribution in [0.4, 0.5) is 0 Å². The second-order valence-corrected chi connectivity index (χ2v) is 11.3. The van der Waals surface area contributed by atoms with Crippen LogP contribution in [0.15, 0.2) is 65.6 Å². The van der Waals surface area contributed by atoms with Gasteiger partial charge in [-0.15, -0.1) is 0 Å². The van der Waals surface area contributed by atoms with E-state index in [2.05, 4.69) is 14.7 Å². The van der Waals surface area contributed by atoms with Gasteiger partial charge in [0.05, 0.1) is 30.0 Å². The number of methoxy groups -OCH3 is 2. The molecule has 5 rings (SSSR count). The number of benzene rings is 2. The Morgan fingerprint density at radius 2 is 1.68 bits per heavy atom. The maximum absolute atomic E-state index is 14.1. The van der Waals surface area contributed by atoms with Gasteiger partial charge in [-0.2, -0.15) is 0 Å². The van der Waals surface area contributed by atoms with Crippen LogP contribution in [0.2, 0.25) is 0 Å². The highest BCUT2D eigenvalue weighted by Crippen LogP contribution is 2.64. The Balaban J connectivity index is 1.62. The number of ether oxygens (including phenoxy) is 2. The summed E-state index contributed by atoms with van der Waals surface area (Å²) in [6.45, 7) is 5.61. The van der Waals surface area contributed by atoms with E-state index >= 15 is 0 Å². The molecule has 9 heteroatoms. The number of aromatic nitrogens is 2. The van der Waals surface area contributed by atoms with Crippen molar-refractivity contribution >= 4 is 26.8 Å². The number of nitrogens with one attached hydrogen (secondary N) is 1. The summed E-state index contributed by atoms with van der Waals surface area (Å²) in [4.78, 5) is 23.0. The molecule has 38 heavy (non-hydrogen) atoms. The SMILES string of the molecule is COc1ccc(C)cc1C1(C(=O)NS(=O)(=O)c2cccc3nc(C)ccc23)CC1c1ccc(C)nc1OC. The van der Waals surface area contributed by atoms with E-state index < -0.39 is 21.3 Å². The zero-order valence-corrected chi connectivity index (χ0v) is 22.7. The first-order chi connectivity index (χ1) is 18.1. The second kappa shape index (κ2) is 9.40. The molecule has 2 aromatic carbocycles. The lowest BCUT2D eigenvalue weighted by atomic mass is 9.88. The van der Waals surface area contributed by atoms with Crippen molar-refractivity contribution < 1.29 is 22.7 Å². The third kappa shape index (κ3) is 4.26. The molecule has 1 aliphatic rings. The number of hydrogen-bond acceptors (Lipinski definition) is 7. The summed E-state index contributed by atoms with van der Waals surface area (Å²) in [5.41, 5.74) is 3.16. The molecule has 0 aliphatic heterocycles. The monoisotopic (exact) mass is 531 g/mol. The van der Waals surface area contributed by atoms with Crippen LogP contribution in [-0.4, -0.2) is 38.5 Å². The predicted molar refractivity (Wildman–Crippen MR) is 144 cm³/mol. The molecule has 1 fully saturated rings. The Bertz CT molecular complexity index is 1690. The average molecular weight is 532 g/mol. The van der Waals surface area contributed by atoms with Gasteiger partial charge in [0.15, 0.2) is 0 Å². The molecule has 1 saturated carbocycles. The number of aryl methyl sites for hydroxylation is 3. The minimum atomic E-state index is -4.24. The summed E-state index contributed by atoms with van der Waals surface area (Å²) in [5, 5.41) is 0.442. The minimum Gasteiger partial charge on any atom is -0.496 e. The van der Waals surface area contributed by atoms with Crippen molar-refractivity contribution in [2.24, 2.45) is 0 Å². The molecular weight excluding hydrogens is 502 g/mol. The number of rotatable bonds is 7.